The molecule has 0 unspecified atom stereocenters. The molecule has 0 amide bonds. The largest absolute Gasteiger partial charge is 0.455 e. The van der Waals surface area contributed by atoms with Crippen LogP contribution in [-0.4, -0.2) is 26.0 Å². The van der Waals surface area contributed by atoms with Gasteiger partial charge in [-0.3, -0.25) is 4.55 Å². The molecule has 0 aromatic heterocycles. The zero-order valence-electron chi connectivity index (χ0n) is 10.8. The summed E-state index contributed by atoms with van der Waals surface area (Å²) in [7, 11) is -4.57. The molecule has 0 saturated carbocycles. The van der Waals surface area contributed by atoms with Crippen LogP contribution in [0.15, 0.2) is 48.5 Å². The minimum Gasteiger partial charge on any atom is -0.455 e. The van der Waals surface area contributed by atoms with Crippen molar-refractivity contribution < 1.29 is 22.5 Å². The first kappa shape index (κ1) is 13.8. The monoisotopic (exact) mass is 303 g/mol. The van der Waals surface area contributed by atoms with Crippen molar-refractivity contribution in [1.29, 1.82) is 0 Å². The van der Waals surface area contributed by atoms with Crippen molar-refractivity contribution in [2.24, 2.45) is 0 Å². The van der Waals surface area contributed by atoms with E-state index in [1.54, 1.807) is 48.5 Å². The van der Waals surface area contributed by atoms with Crippen molar-refractivity contribution in [3.05, 3.63) is 59.7 Å². The molecule has 1 aliphatic carbocycles. The number of benzene rings is 2. The van der Waals surface area contributed by atoms with Crippen LogP contribution in [0.2, 0.25) is 0 Å². The molecule has 5 nitrogen and oxygen atoms in total. The molecule has 0 atom stereocenters. The number of rotatable bonds is 4. The quantitative estimate of drug-likeness (QED) is 0.872. The summed E-state index contributed by atoms with van der Waals surface area (Å²) in [4.78, 5) is 10.4. The Kier molecular flexibility index (Phi) is 3.07. The first-order valence-electron chi connectivity index (χ1n) is 6.18. The molecule has 1 radical (unpaired) electrons. The Balaban J connectivity index is 2.41. The highest BCUT2D eigenvalue weighted by molar-refractivity contribution is 7.87. The van der Waals surface area contributed by atoms with Crippen molar-refractivity contribution in [1.82, 2.24) is 0 Å². The van der Waals surface area contributed by atoms with Crippen LogP contribution >= 0.6 is 0 Å². The van der Waals surface area contributed by atoms with Gasteiger partial charge in [-0.05, 0) is 22.3 Å². The first-order valence-corrected chi connectivity index (χ1v) is 7.62. The first-order chi connectivity index (χ1) is 10.0. The van der Waals surface area contributed by atoms with E-state index in [4.69, 9.17) is 0 Å². The van der Waals surface area contributed by atoms with Crippen LogP contribution in [0.5, 0.6) is 0 Å². The zero-order chi connectivity index (χ0) is 15.1. The number of ether oxygens (including phenoxy) is 1. The van der Waals surface area contributed by atoms with Gasteiger partial charge in [0, 0.05) is 0 Å². The van der Waals surface area contributed by atoms with Crippen LogP contribution in [-0.2, 0) is 24.4 Å². The van der Waals surface area contributed by atoms with Crippen molar-refractivity contribution in [2.45, 2.75) is 4.75 Å². The Labute approximate surface area is 121 Å². The van der Waals surface area contributed by atoms with Crippen LogP contribution in [0.1, 0.15) is 11.1 Å². The van der Waals surface area contributed by atoms with Gasteiger partial charge in [0.1, 0.15) is 6.61 Å². The van der Waals surface area contributed by atoms with Crippen molar-refractivity contribution in [2.75, 3.05) is 6.61 Å². The Morgan fingerprint density at radius 3 is 1.90 bits per heavy atom. The van der Waals surface area contributed by atoms with Gasteiger partial charge in [-0.2, -0.15) is 8.42 Å². The lowest BCUT2D eigenvalue weighted by atomic mass is 9.97. The number of carbonyl (C=O) groups excluding carboxylic acids is 1. The predicted molar refractivity (Wildman–Crippen MR) is 75.9 cm³/mol. The summed E-state index contributed by atoms with van der Waals surface area (Å²) in [5, 5.41) is 0. The number of fused-ring (bicyclic) bond motifs is 3. The molecule has 1 aliphatic rings. The Morgan fingerprint density at radius 1 is 1.00 bits per heavy atom. The molecule has 0 fully saturated rings. The lowest BCUT2D eigenvalue weighted by molar-refractivity contribution is 0.246. The second kappa shape index (κ2) is 4.68. The second-order valence-electron chi connectivity index (χ2n) is 4.77. The molecule has 0 heterocycles. The summed E-state index contributed by atoms with van der Waals surface area (Å²) in [6, 6.07) is 13.7. The predicted octanol–water partition coefficient (Wildman–Crippen LogP) is 1.88. The highest BCUT2D eigenvalue weighted by Gasteiger charge is 2.53. The molecule has 21 heavy (non-hydrogen) atoms. The van der Waals surface area contributed by atoms with Gasteiger partial charge in [-0.25, -0.2) is 4.79 Å². The lowest BCUT2D eigenvalue weighted by Crippen LogP contribution is -2.39. The van der Waals surface area contributed by atoms with E-state index in [0.717, 1.165) is 0 Å². The summed E-state index contributed by atoms with van der Waals surface area (Å²) in [6.07, 6.45) is 0. The number of hydrogen-bond donors (Lipinski definition) is 1. The summed E-state index contributed by atoms with van der Waals surface area (Å²) in [5.41, 5.74) is 2.17. The maximum atomic E-state index is 12.1. The Bertz CT molecular complexity index is 765. The van der Waals surface area contributed by atoms with Gasteiger partial charge in [0.25, 0.3) is 10.1 Å². The van der Waals surface area contributed by atoms with Crippen LogP contribution in [0.3, 0.4) is 0 Å². The van der Waals surface area contributed by atoms with E-state index in [-0.39, 0.29) is 0 Å². The van der Waals surface area contributed by atoms with Gasteiger partial charge in [0.15, 0.2) is 4.75 Å². The summed E-state index contributed by atoms with van der Waals surface area (Å²) in [5.74, 6) is 0. The smallest absolute Gasteiger partial charge is 0.417 e. The van der Waals surface area contributed by atoms with Crippen LogP contribution < -0.4 is 0 Å². The molecule has 6 heteroatoms. The normalized spacial score (nSPS) is 15.1. The Hall–Kier alpha value is -2.18. The highest BCUT2D eigenvalue weighted by Crippen LogP contribution is 2.51. The molecule has 0 bridgehead atoms. The summed E-state index contributed by atoms with van der Waals surface area (Å²) < 4.78 is 36.9. The molecule has 2 aromatic carbocycles. The van der Waals surface area contributed by atoms with Gasteiger partial charge < -0.3 is 4.74 Å². The topological polar surface area (TPSA) is 80.7 Å². The molecule has 0 spiro atoms. The fraction of sp³-hybridized carbons (Fsp3) is 0.133. The van der Waals surface area contributed by atoms with Gasteiger partial charge in [-0.15, -0.1) is 0 Å². The molecule has 3 rings (SSSR count). The van der Waals surface area contributed by atoms with E-state index in [9.17, 15) is 17.8 Å². The second-order valence-corrected chi connectivity index (χ2v) is 6.41. The molecule has 0 saturated heterocycles. The fourth-order valence-electron chi connectivity index (χ4n) is 2.92. The molecular formula is C15H11O5S. The van der Waals surface area contributed by atoms with Gasteiger partial charge in [-0.1, -0.05) is 48.5 Å². The van der Waals surface area contributed by atoms with E-state index in [1.807, 2.05) is 0 Å². The van der Waals surface area contributed by atoms with Crippen LogP contribution in [0, 0.1) is 0 Å². The standard InChI is InChI=1S/C15H11O5S/c16-10-20-9-15(21(17,18)19)13-7-3-1-5-11(13)12-6-2-4-8-14(12)15/h1-8H,9H2,(H,17,18,19). The van der Waals surface area contributed by atoms with E-state index < -0.39 is 21.5 Å². The maximum Gasteiger partial charge on any atom is 0.417 e. The third-order valence-corrected chi connectivity index (χ3v) is 5.23. The molecule has 2 aromatic rings. The SMILES string of the molecule is O=[C]OCC1(S(=O)(=O)O)c2ccccc2-c2ccccc21. The molecule has 107 valence electrons. The van der Waals surface area contributed by atoms with Gasteiger partial charge in [0.05, 0.1) is 0 Å². The van der Waals surface area contributed by atoms with Crippen molar-refractivity contribution >= 4 is 16.6 Å². The fourth-order valence-corrected chi connectivity index (χ4v) is 4.04. The van der Waals surface area contributed by atoms with Crippen LogP contribution in [0.25, 0.3) is 11.1 Å². The molecular weight excluding hydrogens is 292 g/mol. The molecule has 0 aliphatic heterocycles. The van der Waals surface area contributed by atoms with Gasteiger partial charge in [0.2, 0.25) is 0 Å². The minimum absolute atomic E-state index is 0.393. The minimum atomic E-state index is -4.57. The summed E-state index contributed by atoms with van der Waals surface area (Å²) in [6.45, 7) is 0.703. The van der Waals surface area contributed by atoms with Gasteiger partial charge >= 0.3 is 6.47 Å². The maximum absolute atomic E-state index is 12.1. The van der Waals surface area contributed by atoms with Crippen LogP contribution in [0.4, 0.5) is 0 Å². The Morgan fingerprint density at radius 2 is 1.48 bits per heavy atom. The van der Waals surface area contributed by atoms with E-state index in [2.05, 4.69) is 4.74 Å². The lowest BCUT2D eigenvalue weighted by Gasteiger charge is -2.26. The highest BCUT2D eigenvalue weighted by atomic mass is 32.2. The average molecular weight is 303 g/mol. The van der Waals surface area contributed by atoms with E-state index >= 15 is 0 Å². The van der Waals surface area contributed by atoms with Crippen molar-refractivity contribution in [3.8, 4) is 11.1 Å². The van der Waals surface area contributed by atoms with E-state index in [0.29, 0.717) is 22.3 Å². The summed E-state index contributed by atoms with van der Waals surface area (Å²) >= 11 is 0. The van der Waals surface area contributed by atoms with E-state index in [1.165, 1.54) is 6.47 Å². The number of hydrogen-bond acceptors (Lipinski definition) is 4. The molecule has 1 N–H and O–H groups in total. The van der Waals surface area contributed by atoms with Crippen molar-refractivity contribution in [3.63, 3.8) is 0 Å². The third kappa shape index (κ3) is 1.80. The third-order valence-electron chi connectivity index (χ3n) is 3.79. The average Bonchev–Trinajstić information content (AvgIpc) is 2.76. The zero-order valence-corrected chi connectivity index (χ0v) is 11.6.